The van der Waals surface area contributed by atoms with E-state index in [0.29, 0.717) is 19.4 Å². The van der Waals surface area contributed by atoms with Crippen LogP contribution >= 0.6 is 0 Å². The van der Waals surface area contributed by atoms with Crippen molar-refractivity contribution in [2.75, 3.05) is 19.8 Å². The molecule has 0 amide bonds. The number of hydrogen-bond acceptors (Lipinski definition) is 5. The van der Waals surface area contributed by atoms with E-state index < -0.39 is 6.10 Å². The Kier molecular flexibility index (Phi) is 58.0. The lowest BCUT2D eigenvalue weighted by Crippen LogP contribution is -2.30. The van der Waals surface area contributed by atoms with E-state index in [-0.39, 0.29) is 25.2 Å². The minimum absolute atomic E-state index is 0.0608. The fraction of sp³-hybridized carbons (Fsp3) is 0.642. The molecule has 408 valence electrons. The smallest absolute Gasteiger partial charge is 0.306 e. The molecule has 0 aliphatic heterocycles. The predicted octanol–water partition coefficient (Wildman–Crippen LogP) is 20.7. The standard InChI is InChI=1S/C67H110O5/c1-4-7-10-13-16-19-22-25-28-31-33-35-38-41-44-47-50-53-56-59-62-70-63-65(72-67(69)61-58-55-52-49-46-43-40-36-30-27-24-21-18-15-12-9-6-3)64-71-66(68)60-57-54-51-48-45-42-39-37-34-32-29-26-23-20-17-14-11-8-5-2/h7-12,16-21,25-30,33-35,37,65H,4-6,13-15,22-24,31-32,36,38-64H2,1-3H3/b10-7-,11-8-,12-9-,19-16-,20-17-,21-18-,28-25-,29-26-,30-27-,35-33-,37-34-. The van der Waals surface area contributed by atoms with Gasteiger partial charge in [-0.2, -0.15) is 0 Å². The lowest BCUT2D eigenvalue weighted by Gasteiger charge is -2.18. The summed E-state index contributed by atoms with van der Waals surface area (Å²) >= 11 is 0. The average Bonchev–Trinajstić information content (AvgIpc) is 3.38. The SMILES string of the molecule is CC/C=C\C/C=C\C/C=C\C/C=C\CCCCCCCCCOCC(COC(=O)CCCCCCCC/C=C\C/C=C\C/C=C\C/C=C\CC)OC(=O)CCCCCCCCC/C=C\C/C=C\C/C=C\CC. The lowest BCUT2D eigenvalue weighted by molar-refractivity contribution is -0.163. The molecule has 0 saturated heterocycles. The second kappa shape index (κ2) is 61.3. The third kappa shape index (κ3) is 58.6. The number of ether oxygens (including phenoxy) is 3. The van der Waals surface area contributed by atoms with E-state index in [9.17, 15) is 9.59 Å². The van der Waals surface area contributed by atoms with E-state index in [4.69, 9.17) is 14.2 Å². The van der Waals surface area contributed by atoms with Crippen LogP contribution in [0.15, 0.2) is 134 Å². The second-order valence-corrected chi connectivity index (χ2v) is 19.1. The van der Waals surface area contributed by atoms with Crippen LogP contribution in [-0.2, 0) is 23.8 Å². The Labute approximate surface area is 445 Å². The van der Waals surface area contributed by atoms with Gasteiger partial charge in [0.1, 0.15) is 6.61 Å². The summed E-state index contributed by atoms with van der Waals surface area (Å²) in [6.07, 6.45) is 87.6. The molecular weight excluding hydrogens is 885 g/mol. The second-order valence-electron chi connectivity index (χ2n) is 19.1. The first kappa shape index (κ1) is 68.0. The number of hydrogen-bond donors (Lipinski definition) is 0. The van der Waals surface area contributed by atoms with Gasteiger partial charge >= 0.3 is 11.9 Å². The van der Waals surface area contributed by atoms with Gasteiger partial charge in [-0.3, -0.25) is 9.59 Å². The van der Waals surface area contributed by atoms with Crippen molar-refractivity contribution in [3.63, 3.8) is 0 Å². The van der Waals surface area contributed by atoms with Crippen molar-refractivity contribution in [2.45, 2.75) is 258 Å². The Bertz CT molecular complexity index is 1500. The van der Waals surface area contributed by atoms with Crippen molar-refractivity contribution in [1.29, 1.82) is 0 Å². The largest absolute Gasteiger partial charge is 0.462 e. The van der Waals surface area contributed by atoms with Gasteiger partial charge in [0.2, 0.25) is 0 Å². The Morgan fingerprint density at radius 1 is 0.306 bits per heavy atom. The van der Waals surface area contributed by atoms with Crippen LogP contribution in [0.1, 0.15) is 252 Å². The monoisotopic (exact) mass is 995 g/mol. The highest BCUT2D eigenvalue weighted by Gasteiger charge is 2.17. The molecule has 0 aromatic carbocycles. The van der Waals surface area contributed by atoms with Gasteiger partial charge in [0.15, 0.2) is 6.10 Å². The first-order chi connectivity index (χ1) is 35.6. The summed E-state index contributed by atoms with van der Waals surface area (Å²) in [5, 5.41) is 0. The molecule has 0 saturated carbocycles. The molecule has 0 heterocycles. The number of carbonyl (C=O) groups is 2. The summed E-state index contributed by atoms with van der Waals surface area (Å²) in [6, 6.07) is 0. The van der Waals surface area contributed by atoms with Crippen molar-refractivity contribution in [2.24, 2.45) is 0 Å². The van der Waals surface area contributed by atoms with E-state index in [1.54, 1.807) is 0 Å². The molecule has 72 heavy (non-hydrogen) atoms. The fourth-order valence-electron chi connectivity index (χ4n) is 7.86. The van der Waals surface area contributed by atoms with E-state index in [0.717, 1.165) is 141 Å². The van der Waals surface area contributed by atoms with Crippen molar-refractivity contribution < 1.29 is 23.8 Å². The molecule has 0 aliphatic rings. The Morgan fingerprint density at radius 3 is 0.931 bits per heavy atom. The maximum absolute atomic E-state index is 12.9. The summed E-state index contributed by atoms with van der Waals surface area (Å²) in [6.45, 7) is 7.44. The summed E-state index contributed by atoms with van der Waals surface area (Å²) in [4.78, 5) is 25.6. The van der Waals surface area contributed by atoms with E-state index in [1.165, 1.54) is 77.0 Å². The maximum Gasteiger partial charge on any atom is 0.306 e. The van der Waals surface area contributed by atoms with Gasteiger partial charge in [-0.25, -0.2) is 0 Å². The zero-order chi connectivity index (χ0) is 52.0. The highest BCUT2D eigenvalue weighted by Crippen LogP contribution is 2.14. The molecular formula is C67H110O5. The molecule has 0 aromatic rings. The topological polar surface area (TPSA) is 61.8 Å². The van der Waals surface area contributed by atoms with Gasteiger partial charge in [0.25, 0.3) is 0 Å². The third-order valence-corrected chi connectivity index (χ3v) is 12.2. The maximum atomic E-state index is 12.9. The van der Waals surface area contributed by atoms with Crippen LogP contribution in [0.2, 0.25) is 0 Å². The molecule has 0 bridgehead atoms. The molecule has 5 heteroatoms. The van der Waals surface area contributed by atoms with Crippen molar-refractivity contribution in [3.05, 3.63) is 134 Å². The highest BCUT2D eigenvalue weighted by molar-refractivity contribution is 5.70. The number of esters is 2. The molecule has 0 aromatic heterocycles. The zero-order valence-corrected chi connectivity index (χ0v) is 46.9. The normalized spacial score (nSPS) is 13.2. The molecule has 1 atom stereocenters. The van der Waals surface area contributed by atoms with Gasteiger partial charge in [-0.05, 0) is 128 Å². The molecule has 0 N–H and O–H groups in total. The van der Waals surface area contributed by atoms with E-state index in [1.807, 2.05) is 0 Å². The van der Waals surface area contributed by atoms with Crippen LogP contribution in [-0.4, -0.2) is 37.9 Å². The molecule has 0 aliphatic carbocycles. The molecule has 1 unspecified atom stereocenters. The van der Waals surface area contributed by atoms with Gasteiger partial charge in [0.05, 0.1) is 6.61 Å². The zero-order valence-electron chi connectivity index (χ0n) is 46.9. The quantitative estimate of drug-likeness (QED) is 0.0345. The summed E-state index contributed by atoms with van der Waals surface area (Å²) in [5.74, 6) is -0.435. The Hall–Kier alpha value is -3.96. The minimum Gasteiger partial charge on any atom is -0.462 e. The van der Waals surface area contributed by atoms with Crippen LogP contribution in [0.5, 0.6) is 0 Å². The summed E-state index contributed by atoms with van der Waals surface area (Å²) < 4.78 is 17.5. The lowest BCUT2D eigenvalue weighted by atomic mass is 10.1. The molecule has 0 spiro atoms. The molecule has 0 radical (unpaired) electrons. The van der Waals surface area contributed by atoms with Crippen LogP contribution in [0.3, 0.4) is 0 Å². The van der Waals surface area contributed by atoms with Crippen LogP contribution in [0.25, 0.3) is 0 Å². The van der Waals surface area contributed by atoms with Gasteiger partial charge in [-0.15, -0.1) is 0 Å². The van der Waals surface area contributed by atoms with Crippen molar-refractivity contribution in [3.8, 4) is 0 Å². The van der Waals surface area contributed by atoms with Gasteiger partial charge in [-0.1, -0.05) is 244 Å². The fourth-order valence-corrected chi connectivity index (χ4v) is 7.86. The van der Waals surface area contributed by atoms with Crippen LogP contribution in [0.4, 0.5) is 0 Å². The van der Waals surface area contributed by atoms with Gasteiger partial charge < -0.3 is 14.2 Å². The third-order valence-electron chi connectivity index (χ3n) is 12.2. The molecule has 5 nitrogen and oxygen atoms in total. The van der Waals surface area contributed by atoms with Gasteiger partial charge in [0, 0.05) is 19.4 Å². The number of allylic oxidation sites excluding steroid dienone is 22. The first-order valence-electron chi connectivity index (χ1n) is 29.7. The molecule has 0 rings (SSSR count). The van der Waals surface area contributed by atoms with Crippen LogP contribution in [0, 0.1) is 0 Å². The van der Waals surface area contributed by atoms with Crippen molar-refractivity contribution >= 4 is 11.9 Å². The number of rotatable bonds is 53. The minimum atomic E-state index is -0.565. The van der Waals surface area contributed by atoms with Crippen LogP contribution < -0.4 is 0 Å². The number of carbonyl (C=O) groups excluding carboxylic acids is 2. The number of unbranched alkanes of at least 4 members (excludes halogenated alkanes) is 20. The van der Waals surface area contributed by atoms with E-state index in [2.05, 4.69) is 154 Å². The Balaban J connectivity index is 4.37. The Morgan fingerprint density at radius 2 is 0.583 bits per heavy atom. The summed E-state index contributed by atoms with van der Waals surface area (Å²) in [5.41, 5.74) is 0. The highest BCUT2D eigenvalue weighted by atomic mass is 16.6. The average molecular weight is 996 g/mol. The summed E-state index contributed by atoms with van der Waals surface area (Å²) in [7, 11) is 0. The molecule has 0 fully saturated rings. The van der Waals surface area contributed by atoms with E-state index >= 15 is 0 Å². The first-order valence-corrected chi connectivity index (χ1v) is 29.7. The predicted molar refractivity (Wildman–Crippen MR) is 315 cm³/mol. The van der Waals surface area contributed by atoms with Crippen molar-refractivity contribution in [1.82, 2.24) is 0 Å².